The van der Waals surface area contributed by atoms with E-state index < -0.39 is 5.91 Å². The van der Waals surface area contributed by atoms with E-state index in [2.05, 4.69) is 5.73 Å². The number of hydrogen-bond donors (Lipinski definition) is 2. The Morgan fingerprint density at radius 1 is 1.40 bits per heavy atom. The minimum atomic E-state index is -0.468. The van der Waals surface area contributed by atoms with Crippen molar-refractivity contribution in [2.24, 2.45) is 11.5 Å². The summed E-state index contributed by atoms with van der Waals surface area (Å²) >= 11 is 0. The van der Waals surface area contributed by atoms with Gasteiger partial charge in [-0.15, -0.1) is 0 Å². The third kappa shape index (κ3) is 26.3. The fourth-order valence-electron chi connectivity index (χ4n) is 0.204. The number of rotatable bonds is 3. The molecule has 0 saturated carbocycles. The lowest BCUT2D eigenvalue weighted by Crippen LogP contribution is -2.21. The highest BCUT2D eigenvalue weighted by Crippen LogP contribution is 1.64. The number of nitrogens with two attached hydrogens (primary N) is 2. The summed E-state index contributed by atoms with van der Waals surface area (Å²) in [6, 6.07) is 0. The summed E-state index contributed by atoms with van der Waals surface area (Å²) < 4.78 is 4.83. The molecule has 0 atom stereocenters. The zero-order valence-corrected chi connectivity index (χ0v) is 6.59. The number of carbonyl (C=O) groups excluding carboxylic acids is 1. The van der Waals surface area contributed by atoms with E-state index in [4.69, 9.17) is 10.5 Å². The summed E-state index contributed by atoms with van der Waals surface area (Å²) in [5.74, 6) is -0.468. The van der Waals surface area contributed by atoms with Gasteiger partial charge in [-0.2, -0.15) is 0 Å². The van der Waals surface area contributed by atoms with Crippen molar-refractivity contribution < 1.29 is 9.53 Å². The highest BCUT2D eigenvalue weighted by atomic mass is 16.5. The molecule has 0 aromatic rings. The van der Waals surface area contributed by atoms with Crippen LogP contribution in [-0.4, -0.2) is 25.7 Å². The van der Waals surface area contributed by atoms with E-state index in [1.54, 1.807) is 0 Å². The molecule has 0 rings (SSSR count). The van der Waals surface area contributed by atoms with Gasteiger partial charge in [0.25, 0.3) is 0 Å². The Labute approximate surface area is 61.5 Å². The second-order valence-electron chi connectivity index (χ2n) is 1.45. The molecule has 4 nitrogen and oxygen atoms in total. The first-order valence-electron chi connectivity index (χ1n) is 3.25. The summed E-state index contributed by atoms with van der Waals surface area (Å²) in [6.07, 6.45) is 0. The van der Waals surface area contributed by atoms with E-state index >= 15 is 0 Å². The van der Waals surface area contributed by atoms with Crippen LogP contribution >= 0.6 is 0 Å². The predicted octanol–water partition coefficient (Wildman–Crippen LogP) is -0.527. The molecule has 0 unspecified atom stereocenters. The average molecular weight is 148 g/mol. The number of primary amides is 1. The zero-order valence-electron chi connectivity index (χ0n) is 6.59. The second-order valence-corrected chi connectivity index (χ2v) is 1.45. The van der Waals surface area contributed by atoms with Crippen molar-refractivity contribution >= 4 is 5.91 Å². The van der Waals surface area contributed by atoms with Crippen molar-refractivity contribution in [1.82, 2.24) is 0 Å². The van der Waals surface area contributed by atoms with Crippen LogP contribution in [0.15, 0.2) is 0 Å². The highest BCUT2D eigenvalue weighted by Gasteiger charge is 1.77. The minimum absolute atomic E-state index is 0.0556. The first-order valence-corrected chi connectivity index (χ1v) is 3.25. The highest BCUT2D eigenvalue weighted by molar-refractivity contribution is 5.75. The molecule has 0 aromatic heterocycles. The van der Waals surface area contributed by atoms with E-state index in [1.165, 1.54) is 0 Å². The molecule has 0 aromatic carbocycles. The maximum absolute atomic E-state index is 9.47. The Bertz CT molecular complexity index is 74.1. The van der Waals surface area contributed by atoms with Gasteiger partial charge in [0.2, 0.25) is 5.91 Å². The topological polar surface area (TPSA) is 78.3 Å². The molecule has 0 aliphatic heterocycles. The summed E-state index contributed by atoms with van der Waals surface area (Å²) in [5, 5.41) is 0. The Balaban J connectivity index is 0. The number of carbonyl (C=O) groups is 1. The maximum Gasteiger partial charge on any atom is 0.231 e. The van der Waals surface area contributed by atoms with Crippen LogP contribution in [0.4, 0.5) is 0 Å². The quantitative estimate of drug-likeness (QED) is 0.565. The van der Waals surface area contributed by atoms with Crippen molar-refractivity contribution in [2.45, 2.75) is 13.8 Å². The van der Waals surface area contributed by atoms with E-state index in [0.29, 0.717) is 0 Å². The van der Waals surface area contributed by atoms with Gasteiger partial charge >= 0.3 is 0 Å². The predicted molar refractivity (Wildman–Crippen MR) is 40.4 cm³/mol. The minimum Gasteiger partial charge on any atom is -0.382 e. The van der Waals surface area contributed by atoms with Crippen molar-refractivity contribution in [3.63, 3.8) is 0 Å². The first kappa shape index (κ1) is 12.1. The standard InChI is InChI=1S/C4H10O.C2H6N2O/c1-3-5-4-2;3-1-2(4)5/h3-4H2,1-2H3;1,3H2,(H2,4,5). The molecule has 0 fully saturated rings. The molecule has 0 saturated heterocycles. The fourth-order valence-corrected chi connectivity index (χ4v) is 0.204. The van der Waals surface area contributed by atoms with Gasteiger partial charge in [-0.3, -0.25) is 4.79 Å². The van der Waals surface area contributed by atoms with E-state index in [9.17, 15) is 4.79 Å². The third-order valence-electron chi connectivity index (χ3n) is 0.609. The Kier molecular flexibility index (Phi) is 13.6. The van der Waals surface area contributed by atoms with Gasteiger partial charge in [0.05, 0.1) is 6.54 Å². The molecule has 0 heterocycles. The molecule has 0 aliphatic rings. The van der Waals surface area contributed by atoms with Gasteiger partial charge < -0.3 is 16.2 Å². The lowest BCUT2D eigenvalue weighted by atomic mass is 10.7. The molecule has 10 heavy (non-hydrogen) atoms. The van der Waals surface area contributed by atoms with E-state index in [-0.39, 0.29) is 6.54 Å². The summed E-state index contributed by atoms with van der Waals surface area (Å²) in [7, 11) is 0. The fraction of sp³-hybridized carbons (Fsp3) is 0.833. The lowest BCUT2D eigenvalue weighted by molar-refractivity contribution is -0.116. The SMILES string of the molecule is CCOCC.NCC(N)=O. The number of ether oxygens (including phenoxy) is 1. The van der Waals surface area contributed by atoms with Crippen molar-refractivity contribution in [3.05, 3.63) is 0 Å². The van der Waals surface area contributed by atoms with Crippen LogP contribution in [-0.2, 0) is 9.53 Å². The van der Waals surface area contributed by atoms with Crippen molar-refractivity contribution in [3.8, 4) is 0 Å². The molecule has 0 spiro atoms. The third-order valence-corrected chi connectivity index (χ3v) is 0.609. The van der Waals surface area contributed by atoms with Gasteiger partial charge in [-0.05, 0) is 13.8 Å². The molecule has 4 heteroatoms. The van der Waals surface area contributed by atoms with Gasteiger partial charge in [0.15, 0.2) is 0 Å². The largest absolute Gasteiger partial charge is 0.382 e. The van der Waals surface area contributed by atoms with Gasteiger partial charge in [-0.25, -0.2) is 0 Å². The van der Waals surface area contributed by atoms with Crippen LogP contribution in [0.1, 0.15) is 13.8 Å². The molecule has 62 valence electrons. The zero-order chi connectivity index (χ0) is 8.41. The van der Waals surface area contributed by atoms with E-state index in [1.807, 2.05) is 13.8 Å². The van der Waals surface area contributed by atoms with E-state index in [0.717, 1.165) is 13.2 Å². The molecular weight excluding hydrogens is 132 g/mol. The van der Waals surface area contributed by atoms with Crippen LogP contribution in [0.25, 0.3) is 0 Å². The average Bonchev–Trinajstić information content (AvgIpc) is 1.91. The van der Waals surface area contributed by atoms with Gasteiger partial charge in [0, 0.05) is 13.2 Å². The normalized spacial score (nSPS) is 7.90. The molecule has 4 N–H and O–H groups in total. The molecule has 0 bridgehead atoms. The van der Waals surface area contributed by atoms with Crippen LogP contribution in [0, 0.1) is 0 Å². The lowest BCUT2D eigenvalue weighted by Gasteiger charge is -1.86. The second kappa shape index (κ2) is 11.2. The van der Waals surface area contributed by atoms with Crippen LogP contribution in [0.2, 0.25) is 0 Å². The number of hydrogen-bond acceptors (Lipinski definition) is 3. The monoisotopic (exact) mass is 148 g/mol. The van der Waals surface area contributed by atoms with Gasteiger partial charge in [0.1, 0.15) is 0 Å². The Morgan fingerprint density at radius 3 is 1.70 bits per heavy atom. The summed E-state index contributed by atoms with van der Waals surface area (Å²) in [4.78, 5) is 9.47. The smallest absolute Gasteiger partial charge is 0.231 e. The number of amides is 1. The van der Waals surface area contributed by atoms with Crippen LogP contribution < -0.4 is 11.5 Å². The van der Waals surface area contributed by atoms with Crippen molar-refractivity contribution in [1.29, 1.82) is 0 Å². The molecule has 0 radical (unpaired) electrons. The molecule has 1 amide bonds. The Hall–Kier alpha value is -0.610. The molecule has 0 aliphatic carbocycles. The summed E-state index contributed by atoms with van der Waals surface area (Å²) in [5.41, 5.74) is 9.22. The van der Waals surface area contributed by atoms with Crippen LogP contribution in [0.5, 0.6) is 0 Å². The van der Waals surface area contributed by atoms with Crippen LogP contribution in [0.3, 0.4) is 0 Å². The Morgan fingerprint density at radius 2 is 1.70 bits per heavy atom. The summed E-state index contributed by atoms with van der Waals surface area (Å²) in [6.45, 7) is 5.61. The first-order chi connectivity index (χ1) is 4.68. The molecular formula is C6H16N2O2. The maximum atomic E-state index is 9.47. The van der Waals surface area contributed by atoms with Gasteiger partial charge in [-0.1, -0.05) is 0 Å². The van der Waals surface area contributed by atoms with Crippen molar-refractivity contribution in [2.75, 3.05) is 19.8 Å².